The summed E-state index contributed by atoms with van der Waals surface area (Å²) in [5.74, 6) is 1.25. The molecule has 3 aromatic heterocycles. The van der Waals surface area contributed by atoms with Crippen molar-refractivity contribution in [2.45, 2.75) is 24.4 Å². The van der Waals surface area contributed by atoms with Crippen LogP contribution < -0.4 is 5.56 Å². The molecule has 0 aliphatic rings. The zero-order chi connectivity index (χ0) is 20.9. The topological polar surface area (TPSA) is 89.6 Å². The van der Waals surface area contributed by atoms with Crippen molar-refractivity contribution in [2.75, 3.05) is 13.3 Å². The van der Waals surface area contributed by atoms with Gasteiger partial charge < -0.3 is 0 Å². The Bertz CT molecular complexity index is 1370. The van der Waals surface area contributed by atoms with Crippen LogP contribution in [-0.2, 0) is 23.4 Å². The Morgan fingerprint density at radius 2 is 1.86 bits per heavy atom. The maximum Gasteiger partial charge on any atom is 0.272 e. The monoisotopic (exact) mass is 431 g/mol. The number of rotatable bonds is 5. The van der Waals surface area contributed by atoms with Gasteiger partial charge in [0.05, 0.1) is 17.0 Å². The maximum absolute atomic E-state index is 12.5. The van der Waals surface area contributed by atoms with Crippen molar-refractivity contribution in [1.29, 1.82) is 0 Å². The lowest BCUT2D eigenvalue weighted by Crippen LogP contribution is -2.24. The third kappa shape index (κ3) is 3.37. The third-order valence-electron chi connectivity index (χ3n) is 5.24. The zero-order valence-corrected chi connectivity index (χ0v) is 18.2. The lowest BCUT2D eigenvalue weighted by Gasteiger charge is -2.24. The van der Waals surface area contributed by atoms with Crippen LogP contribution in [0.5, 0.6) is 0 Å². The van der Waals surface area contributed by atoms with Crippen LogP contribution in [0.3, 0.4) is 0 Å². The van der Waals surface area contributed by atoms with Crippen LogP contribution in [0, 0.1) is 0 Å². The van der Waals surface area contributed by atoms with Gasteiger partial charge in [0.15, 0.2) is 15.7 Å². The minimum absolute atomic E-state index is 0.0291. The van der Waals surface area contributed by atoms with Gasteiger partial charge in [0.2, 0.25) is 5.78 Å². The van der Waals surface area contributed by atoms with Gasteiger partial charge in [-0.3, -0.25) is 18.7 Å². The van der Waals surface area contributed by atoms with E-state index in [4.69, 9.17) is 0 Å². The summed E-state index contributed by atoms with van der Waals surface area (Å²) in [7, 11) is 0.459. The molecule has 0 bridgehead atoms. The first-order chi connectivity index (χ1) is 13.7. The second kappa shape index (κ2) is 7.05. The molecule has 0 unspecified atom stereocenters. The third-order valence-corrected chi connectivity index (χ3v) is 7.26. The average molecular weight is 432 g/mol. The number of fused-ring (bicyclic) bond motifs is 3. The van der Waals surface area contributed by atoms with E-state index in [9.17, 15) is 13.2 Å². The number of aromatic nitrogens is 4. The fourth-order valence-corrected chi connectivity index (χ4v) is 4.84. The molecule has 0 saturated heterocycles. The molecule has 152 valence electrons. The van der Waals surface area contributed by atoms with Crippen LogP contribution in [0.4, 0.5) is 0 Å². The number of hydrogen-bond donors (Lipinski definition) is 0. The van der Waals surface area contributed by atoms with Gasteiger partial charge in [-0.1, -0.05) is 12.1 Å². The molecular weight excluding hydrogens is 410 g/mol. The second-order valence-electron chi connectivity index (χ2n) is 7.18. The highest BCUT2D eigenvalue weighted by atomic mass is 32.2. The largest absolute Gasteiger partial charge is 0.292 e. The molecule has 0 radical (unpaired) electrons. The van der Waals surface area contributed by atoms with E-state index < -0.39 is 9.84 Å². The van der Waals surface area contributed by atoms with E-state index in [1.54, 1.807) is 19.2 Å². The Morgan fingerprint density at radius 3 is 2.52 bits per heavy atom. The molecule has 0 N–H and O–H groups in total. The van der Waals surface area contributed by atoms with Gasteiger partial charge >= 0.3 is 0 Å². The molecule has 1 aromatic carbocycles. The summed E-state index contributed by atoms with van der Waals surface area (Å²) < 4.78 is 27.4. The van der Waals surface area contributed by atoms with E-state index in [1.165, 1.54) is 22.2 Å². The highest BCUT2D eigenvalue weighted by Gasteiger charge is 2.19. The molecule has 1 atom stereocenters. The number of aryl methyl sites for hydroxylation is 1. The molecule has 0 aliphatic heterocycles. The van der Waals surface area contributed by atoms with E-state index in [0.717, 1.165) is 16.9 Å². The smallest absolute Gasteiger partial charge is 0.272 e. The summed E-state index contributed by atoms with van der Waals surface area (Å²) in [4.78, 5) is 14.9. The van der Waals surface area contributed by atoms with Gasteiger partial charge in [0.1, 0.15) is 4.70 Å². The van der Waals surface area contributed by atoms with E-state index >= 15 is 0 Å². The molecule has 3 heterocycles. The minimum Gasteiger partial charge on any atom is -0.292 e. The van der Waals surface area contributed by atoms with Gasteiger partial charge in [-0.25, -0.2) is 8.42 Å². The van der Waals surface area contributed by atoms with E-state index in [-0.39, 0.29) is 11.6 Å². The predicted octanol–water partition coefficient (Wildman–Crippen LogP) is 2.24. The molecule has 29 heavy (non-hydrogen) atoms. The summed E-state index contributed by atoms with van der Waals surface area (Å²) in [5.41, 5.74) is 1.74. The minimum atomic E-state index is -3.22. The summed E-state index contributed by atoms with van der Waals surface area (Å²) in [6.07, 6.45) is 1.20. The van der Waals surface area contributed by atoms with Crippen LogP contribution in [0.1, 0.15) is 24.4 Å². The van der Waals surface area contributed by atoms with Crippen LogP contribution in [0.15, 0.2) is 45.4 Å². The predicted molar refractivity (Wildman–Crippen MR) is 113 cm³/mol. The van der Waals surface area contributed by atoms with Crippen molar-refractivity contribution in [3.63, 3.8) is 0 Å². The summed E-state index contributed by atoms with van der Waals surface area (Å²) in [5, 5.41) is 10.4. The lowest BCUT2D eigenvalue weighted by atomic mass is 10.1. The fraction of sp³-hybridized carbons (Fsp3) is 0.316. The molecule has 8 nitrogen and oxygen atoms in total. The Hall–Kier alpha value is -2.56. The molecule has 0 aliphatic carbocycles. The molecule has 10 heteroatoms. The zero-order valence-electron chi connectivity index (χ0n) is 16.5. The summed E-state index contributed by atoms with van der Waals surface area (Å²) >= 11 is 1.41. The van der Waals surface area contributed by atoms with Crippen molar-refractivity contribution < 1.29 is 8.42 Å². The van der Waals surface area contributed by atoms with E-state index in [0.29, 0.717) is 21.9 Å². The standard InChI is InChI=1S/C19H21N5O3S2/c1-12(13-5-7-14(8-6-13)29(4,26)27)22(2)11-16-20-21-19-23(3)18(25)17-15(24(16)19)9-10-28-17/h5-10,12H,11H2,1-4H3/t12-/m1/s1. The number of thiophene rings is 1. The van der Waals surface area contributed by atoms with Crippen molar-refractivity contribution >= 4 is 37.2 Å². The van der Waals surface area contributed by atoms with Crippen molar-refractivity contribution in [1.82, 2.24) is 24.1 Å². The first kappa shape index (κ1) is 19.7. The Kier molecular flexibility index (Phi) is 4.80. The van der Waals surface area contributed by atoms with Gasteiger partial charge in [-0.05, 0) is 43.1 Å². The van der Waals surface area contributed by atoms with Gasteiger partial charge in [0, 0.05) is 19.3 Å². The van der Waals surface area contributed by atoms with E-state index in [2.05, 4.69) is 22.0 Å². The number of nitrogens with zero attached hydrogens (tertiary/aromatic N) is 5. The van der Waals surface area contributed by atoms with Crippen LogP contribution in [0.25, 0.3) is 16.0 Å². The van der Waals surface area contributed by atoms with Crippen LogP contribution in [-0.4, -0.2) is 45.8 Å². The molecule has 4 aromatic rings. The highest BCUT2D eigenvalue weighted by Crippen LogP contribution is 2.24. The molecule has 0 spiro atoms. The van der Waals surface area contributed by atoms with Crippen molar-refractivity contribution in [3.8, 4) is 0 Å². The summed E-state index contributed by atoms with van der Waals surface area (Å²) in [6.45, 7) is 2.56. The van der Waals surface area contributed by atoms with Crippen molar-refractivity contribution in [3.05, 3.63) is 57.5 Å². The maximum atomic E-state index is 12.5. The Morgan fingerprint density at radius 1 is 1.17 bits per heavy atom. The Labute approximate surface area is 172 Å². The van der Waals surface area contributed by atoms with Crippen LogP contribution in [0.2, 0.25) is 0 Å². The fourth-order valence-electron chi connectivity index (χ4n) is 3.36. The quantitative estimate of drug-likeness (QED) is 0.481. The molecule has 4 rings (SSSR count). The Balaban J connectivity index is 1.67. The average Bonchev–Trinajstić information content (AvgIpc) is 3.32. The normalized spacial score (nSPS) is 13.6. The van der Waals surface area contributed by atoms with Gasteiger partial charge in [0.25, 0.3) is 5.56 Å². The number of sulfone groups is 1. The molecule has 0 amide bonds. The first-order valence-electron chi connectivity index (χ1n) is 8.99. The highest BCUT2D eigenvalue weighted by molar-refractivity contribution is 7.90. The second-order valence-corrected chi connectivity index (χ2v) is 10.1. The van der Waals surface area contributed by atoms with Gasteiger partial charge in [-0.15, -0.1) is 21.5 Å². The lowest BCUT2D eigenvalue weighted by molar-refractivity contribution is 0.246. The summed E-state index contributed by atoms with van der Waals surface area (Å²) in [6, 6.07) is 8.87. The van der Waals surface area contributed by atoms with Gasteiger partial charge in [-0.2, -0.15) is 0 Å². The molecule has 0 saturated carbocycles. The first-order valence-corrected chi connectivity index (χ1v) is 11.8. The number of benzene rings is 1. The SMILES string of the molecule is C[C@H](c1ccc(S(C)(=O)=O)cc1)N(C)Cc1nnc2n(C)c(=O)c3sccc3n12. The number of hydrogen-bond acceptors (Lipinski definition) is 7. The molecular formula is C19H21N5O3S2. The van der Waals surface area contributed by atoms with Crippen LogP contribution >= 0.6 is 11.3 Å². The molecule has 0 fully saturated rings. The van der Waals surface area contributed by atoms with E-state index in [1.807, 2.05) is 35.0 Å². The van der Waals surface area contributed by atoms with Crippen molar-refractivity contribution in [2.24, 2.45) is 7.05 Å².